The fourth-order valence-electron chi connectivity index (χ4n) is 1.69. The van der Waals surface area contributed by atoms with Crippen LogP contribution in [0.5, 0.6) is 5.75 Å². The molecule has 0 bridgehead atoms. The molecule has 0 spiro atoms. The van der Waals surface area contributed by atoms with Crippen molar-refractivity contribution in [3.05, 3.63) is 41.5 Å². The van der Waals surface area contributed by atoms with Gasteiger partial charge in [-0.25, -0.2) is 0 Å². The van der Waals surface area contributed by atoms with Crippen LogP contribution in [0.3, 0.4) is 0 Å². The summed E-state index contributed by atoms with van der Waals surface area (Å²) in [5.41, 5.74) is 6.62. The van der Waals surface area contributed by atoms with E-state index in [1.807, 2.05) is 24.3 Å². The van der Waals surface area contributed by atoms with Gasteiger partial charge in [-0.1, -0.05) is 17.3 Å². The summed E-state index contributed by atoms with van der Waals surface area (Å²) < 4.78 is 15.4. The maximum absolute atomic E-state index is 5.54. The number of hydrogen-bond acceptors (Lipinski definition) is 6. The summed E-state index contributed by atoms with van der Waals surface area (Å²) in [6.45, 7) is 0.306. The van der Waals surface area contributed by atoms with E-state index in [0.29, 0.717) is 24.7 Å². The van der Waals surface area contributed by atoms with Crippen molar-refractivity contribution in [2.24, 2.45) is 5.73 Å². The van der Waals surface area contributed by atoms with Crippen LogP contribution in [0.15, 0.2) is 28.8 Å². The van der Waals surface area contributed by atoms with Crippen molar-refractivity contribution in [3.63, 3.8) is 0 Å². The Morgan fingerprint density at radius 1 is 1.26 bits per heavy atom. The van der Waals surface area contributed by atoms with Crippen molar-refractivity contribution < 1.29 is 14.0 Å². The minimum atomic E-state index is -0.350. The molecule has 1 aromatic carbocycles. The Morgan fingerprint density at radius 2 is 2.00 bits per heavy atom. The lowest BCUT2D eigenvalue weighted by molar-refractivity contribution is 0.0804. The number of aromatic nitrogens is 2. The van der Waals surface area contributed by atoms with Crippen molar-refractivity contribution >= 4 is 0 Å². The maximum Gasteiger partial charge on any atom is 0.257 e. The predicted octanol–water partition coefficient (Wildman–Crippen LogP) is 1.32. The summed E-state index contributed by atoms with van der Waals surface area (Å²) in [5.74, 6) is 1.84. The number of nitrogens with two attached hydrogens (primary N) is 1. The Labute approximate surface area is 111 Å². The molecule has 2 N–H and O–H groups in total. The lowest BCUT2D eigenvalue weighted by atomic mass is 10.1. The minimum Gasteiger partial charge on any atom is -0.497 e. The van der Waals surface area contributed by atoms with E-state index < -0.39 is 0 Å². The second-order valence-electron chi connectivity index (χ2n) is 4.03. The molecule has 0 amide bonds. The summed E-state index contributed by atoms with van der Waals surface area (Å²) in [6.07, 6.45) is 0.242. The number of nitrogens with zero attached hydrogens (tertiary/aromatic N) is 2. The first-order valence-electron chi connectivity index (χ1n) is 5.95. The normalized spacial score (nSPS) is 12.4. The molecule has 0 radical (unpaired) electrons. The summed E-state index contributed by atoms with van der Waals surface area (Å²) >= 11 is 0. The van der Waals surface area contributed by atoms with Crippen molar-refractivity contribution in [2.75, 3.05) is 20.8 Å². The number of hydrogen-bond donors (Lipinski definition) is 1. The molecular weight excluding hydrogens is 246 g/mol. The molecule has 2 aromatic rings. The first-order valence-corrected chi connectivity index (χ1v) is 5.95. The lowest BCUT2D eigenvalue weighted by Gasteiger charge is -2.05. The molecule has 0 aliphatic rings. The zero-order valence-corrected chi connectivity index (χ0v) is 11.0. The third-order valence-electron chi connectivity index (χ3n) is 2.78. The molecular formula is C13H17N3O3. The maximum atomic E-state index is 5.54. The average Bonchev–Trinajstić information content (AvgIpc) is 2.89. The van der Waals surface area contributed by atoms with Crippen LogP contribution in [0.4, 0.5) is 0 Å². The number of ether oxygens (including phenoxy) is 2. The number of benzene rings is 1. The molecule has 1 heterocycles. The van der Waals surface area contributed by atoms with Gasteiger partial charge in [-0.15, -0.1) is 0 Å². The predicted molar refractivity (Wildman–Crippen MR) is 68.9 cm³/mol. The van der Waals surface area contributed by atoms with Gasteiger partial charge in [-0.2, -0.15) is 4.98 Å². The molecule has 102 valence electrons. The highest BCUT2D eigenvalue weighted by atomic mass is 16.5. The third-order valence-corrected chi connectivity index (χ3v) is 2.78. The van der Waals surface area contributed by atoms with Crippen LogP contribution in [0, 0.1) is 0 Å². The minimum absolute atomic E-state index is 0.306. The molecule has 0 aliphatic carbocycles. The van der Waals surface area contributed by atoms with Gasteiger partial charge in [-0.05, 0) is 17.7 Å². The van der Waals surface area contributed by atoms with Crippen LogP contribution >= 0.6 is 0 Å². The van der Waals surface area contributed by atoms with Crippen molar-refractivity contribution in [3.8, 4) is 5.75 Å². The van der Waals surface area contributed by atoms with E-state index in [1.165, 1.54) is 0 Å². The van der Waals surface area contributed by atoms with Gasteiger partial charge in [0.1, 0.15) is 11.9 Å². The molecule has 0 saturated heterocycles. The Balaban J connectivity index is 2.06. The zero-order valence-electron chi connectivity index (χ0n) is 11.0. The van der Waals surface area contributed by atoms with E-state index in [4.69, 9.17) is 19.7 Å². The molecule has 1 unspecified atom stereocenters. The smallest absolute Gasteiger partial charge is 0.257 e. The monoisotopic (exact) mass is 263 g/mol. The van der Waals surface area contributed by atoms with Gasteiger partial charge < -0.3 is 19.7 Å². The highest BCUT2D eigenvalue weighted by Crippen LogP contribution is 2.16. The Hall–Kier alpha value is -1.92. The number of rotatable bonds is 6. The fraction of sp³-hybridized carbons (Fsp3) is 0.385. The standard InChI is InChI=1S/C13H17N3O3/c1-17-10-5-3-9(4-6-10)7-12-15-13(19-16-12)11(8-14)18-2/h3-6,11H,7-8,14H2,1-2H3. The summed E-state index contributed by atoms with van der Waals surface area (Å²) in [7, 11) is 3.20. The third kappa shape index (κ3) is 3.30. The van der Waals surface area contributed by atoms with Crippen LogP contribution in [0.1, 0.15) is 23.4 Å². The van der Waals surface area contributed by atoms with Crippen molar-refractivity contribution in [1.29, 1.82) is 0 Å². The van der Waals surface area contributed by atoms with Gasteiger partial charge in [0, 0.05) is 20.1 Å². The second-order valence-corrected chi connectivity index (χ2v) is 4.03. The second kappa shape index (κ2) is 6.31. The molecule has 1 aromatic heterocycles. The Kier molecular flexibility index (Phi) is 4.48. The lowest BCUT2D eigenvalue weighted by Crippen LogP contribution is -2.14. The van der Waals surface area contributed by atoms with E-state index in [0.717, 1.165) is 11.3 Å². The van der Waals surface area contributed by atoms with Gasteiger partial charge in [0.25, 0.3) is 5.89 Å². The van der Waals surface area contributed by atoms with Crippen LogP contribution in [0.2, 0.25) is 0 Å². The van der Waals surface area contributed by atoms with E-state index in [-0.39, 0.29) is 6.10 Å². The largest absolute Gasteiger partial charge is 0.497 e. The zero-order chi connectivity index (χ0) is 13.7. The first-order chi connectivity index (χ1) is 9.26. The highest BCUT2D eigenvalue weighted by molar-refractivity contribution is 5.28. The summed E-state index contributed by atoms with van der Waals surface area (Å²) in [4.78, 5) is 4.28. The summed E-state index contributed by atoms with van der Waals surface area (Å²) in [5, 5.41) is 3.92. The van der Waals surface area contributed by atoms with Crippen LogP contribution < -0.4 is 10.5 Å². The van der Waals surface area contributed by atoms with Crippen molar-refractivity contribution in [2.45, 2.75) is 12.5 Å². The van der Waals surface area contributed by atoms with E-state index in [1.54, 1.807) is 14.2 Å². The topological polar surface area (TPSA) is 83.4 Å². The fourth-order valence-corrected chi connectivity index (χ4v) is 1.69. The van der Waals surface area contributed by atoms with Crippen LogP contribution in [-0.2, 0) is 11.2 Å². The van der Waals surface area contributed by atoms with Crippen LogP contribution in [-0.4, -0.2) is 30.9 Å². The van der Waals surface area contributed by atoms with Gasteiger partial charge in [0.05, 0.1) is 7.11 Å². The molecule has 0 fully saturated rings. The van der Waals surface area contributed by atoms with Gasteiger partial charge >= 0.3 is 0 Å². The first kappa shape index (κ1) is 13.5. The molecule has 6 heteroatoms. The quantitative estimate of drug-likeness (QED) is 0.846. The highest BCUT2D eigenvalue weighted by Gasteiger charge is 2.16. The van der Waals surface area contributed by atoms with Gasteiger partial charge in [0.2, 0.25) is 0 Å². The van der Waals surface area contributed by atoms with Crippen LogP contribution in [0.25, 0.3) is 0 Å². The molecule has 2 rings (SSSR count). The average molecular weight is 263 g/mol. The molecule has 19 heavy (non-hydrogen) atoms. The molecule has 1 atom stereocenters. The van der Waals surface area contributed by atoms with Crippen molar-refractivity contribution in [1.82, 2.24) is 10.1 Å². The van der Waals surface area contributed by atoms with Gasteiger partial charge in [-0.3, -0.25) is 0 Å². The molecule has 6 nitrogen and oxygen atoms in total. The number of methoxy groups -OCH3 is 2. The van der Waals surface area contributed by atoms with E-state index in [9.17, 15) is 0 Å². The summed E-state index contributed by atoms with van der Waals surface area (Å²) in [6, 6.07) is 7.72. The van der Waals surface area contributed by atoms with E-state index in [2.05, 4.69) is 10.1 Å². The Bertz CT molecular complexity index is 506. The van der Waals surface area contributed by atoms with Gasteiger partial charge in [0.15, 0.2) is 5.82 Å². The SMILES string of the molecule is COc1ccc(Cc2noc(C(CN)OC)n2)cc1. The molecule has 0 saturated carbocycles. The molecule has 0 aliphatic heterocycles. The Morgan fingerprint density at radius 3 is 2.58 bits per heavy atom. The van der Waals surface area contributed by atoms with E-state index >= 15 is 0 Å².